The number of esters is 1. The Labute approximate surface area is 149 Å². The van der Waals surface area contributed by atoms with Gasteiger partial charge in [0.25, 0.3) is 0 Å². The summed E-state index contributed by atoms with van der Waals surface area (Å²) in [5.41, 5.74) is 2.11. The van der Waals surface area contributed by atoms with Gasteiger partial charge in [0.2, 0.25) is 5.91 Å². The van der Waals surface area contributed by atoms with Crippen LogP contribution in [0, 0.1) is 0 Å². The summed E-state index contributed by atoms with van der Waals surface area (Å²) in [6, 6.07) is 2.72. The summed E-state index contributed by atoms with van der Waals surface area (Å²) in [5.74, 6) is -0.543. The van der Waals surface area contributed by atoms with Crippen LogP contribution in [-0.2, 0) is 30.1 Å². The molecule has 1 heterocycles. The van der Waals surface area contributed by atoms with Gasteiger partial charge in [-0.3, -0.25) is 4.79 Å². The highest BCUT2D eigenvalue weighted by atomic mass is 32.2. The molecule has 1 aliphatic heterocycles. The standard InChI is InChI=1S/C15H19N3O6S/c1-4-22-15(20)9(2)16-17-12-7-11-5-6-18(10(3)19)13(11)8-14(12)25-24-23-21/h7-9,21H,4-6H2,1-3H3. The predicted molar refractivity (Wildman–Crippen MR) is 89.4 cm³/mol. The molecule has 25 heavy (non-hydrogen) atoms. The number of nitrogens with zero attached hydrogens (tertiary/aromatic N) is 3. The summed E-state index contributed by atoms with van der Waals surface area (Å²) in [7, 11) is 0. The molecule has 1 N–H and O–H groups in total. The van der Waals surface area contributed by atoms with Crippen molar-refractivity contribution in [2.45, 2.75) is 38.1 Å². The van der Waals surface area contributed by atoms with Gasteiger partial charge in [0.1, 0.15) is 5.69 Å². The molecule has 0 spiro atoms. The normalized spacial score (nSPS) is 14.6. The maximum Gasteiger partial charge on any atom is 0.332 e. The molecule has 2 rings (SSSR count). The number of carbonyl (C=O) groups is 2. The maximum atomic E-state index is 11.7. The van der Waals surface area contributed by atoms with Gasteiger partial charge in [0, 0.05) is 19.2 Å². The number of anilines is 1. The van der Waals surface area contributed by atoms with Crippen molar-refractivity contribution in [3.8, 4) is 0 Å². The molecule has 1 atom stereocenters. The van der Waals surface area contributed by atoms with Crippen LogP contribution >= 0.6 is 12.0 Å². The van der Waals surface area contributed by atoms with E-state index in [1.165, 1.54) is 6.92 Å². The van der Waals surface area contributed by atoms with Crippen LogP contribution in [0.4, 0.5) is 11.4 Å². The Morgan fingerprint density at radius 1 is 1.44 bits per heavy atom. The molecule has 0 radical (unpaired) electrons. The SMILES string of the molecule is CCOC(=O)C(C)N=Nc1cc2c(cc1SOOO)N(C(C)=O)CC2. The van der Waals surface area contributed by atoms with E-state index < -0.39 is 12.0 Å². The van der Waals surface area contributed by atoms with E-state index in [0.29, 0.717) is 23.5 Å². The number of fused-ring (bicyclic) bond motifs is 1. The topological polar surface area (TPSA) is 110 Å². The second-order valence-electron chi connectivity index (χ2n) is 5.24. The number of carbonyl (C=O) groups excluding carboxylic acids is 2. The quantitative estimate of drug-likeness (QED) is 0.258. The van der Waals surface area contributed by atoms with Crippen molar-refractivity contribution in [1.29, 1.82) is 0 Å². The molecule has 1 aromatic rings. The average Bonchev–Trinajstić information content (AvgIpc) is 3.00. The third-order valence-electron chi connectivity index (χ3n) is 3.56. The van der Waals surface area contributed by atoms with Crippen LogP contribution in [0.5, 0.6) is 0 Å². The fraction of sp³-hybridized carbons (Fsp3) is 0.467. The highest BCUT2D eigenvalue weighted by molar-refractivity contribution is 7.94. The van der Waals surface area contributed by atoms with Crippen molar-refractivity contribution >= 4 is 35.3 Å². The Kier molecular flexibility index (Phi) is 6.88. The van der Waals surface area contributed by atoms with E-state index in [9.17, 15) is 9.59 Å². The maximum absolute atomic E-state index is 11.7. The van der Waals surface area contributed by atoms with Crippen LogP contribution in [-0.4, -0.2) is 36.3 Å². The second-order valence-corrected chi connectivity index (χ2v) is 5.98. The molecule has 0 saturated heterocycles. The lowest BCUT2D eigenvalue weighted by molar-refractivity contribution is -0.432. The van der Waals surface area contributed by atoms with E-state index >= 15 is 0 Å². The number of hydrogen-bond acceptors (Lipinski definition) is 9. The Balaban J connectivity index is 2.30. The lowest BCUT2D eigenvalue weighted by Crippen LogP contribution is -2.25. The lowest BCUT2D eigenvalue weighted by Gasteiger charge is -2.16. The summed E-state index contributed by atoms with van der Waals surface area (Å²) in [4.78, 5) is 25.4. The molecule has 0 saturated carbocycles. The molecule has 1 aromatic carbocycles. The third kappa shape index (κ3) is 4.75. The molecule has 136 valence electrons. The fourth-order valence-electron chi connectivity index (χ4n) is 2.39. The van der Waals surface area contributed by atoms with Crippen LogP contribution in [0.1, 0.15) is 26.3 Å². The van der Waals surface area contributed by atoms with Crippen LogP contribution in [0.3, 0.4) is 0 Å². The lowest BCUT2D eigenvalue weighted by atomic mass is 10.1. The van der Waals surface area contributed by atoms with E-state index in [-0.39, 0.29) is 12.5 Å². The molecule has 9 nitrogen and oxygen atoms in total. The summed E-state index contributed by atoms with van der Waals surface area (Å²) in [5, 5.41) is 20.1. The van der Waals surface area contributed by atoms with Gasteiger partial charge in [-0.1, -0.05) is 5.04 Å². The predicted octanol–water partition coefficient (Wildman–Crippen LogP) is 3.06. The minimum atomic E-state index is -0.755. The summed E-state index contributed by atoms with van der Waals surface area (Å²) >= 11 is 0.717. The first-order valence-corrected chi connectivity index (χ1v) is 8.39. The molecule has 0 fully saturated rings. The van der Waals surface area contributed by atoms with Gasteiger partial charge in [0.05, 0.1) is 23.5 Å². The number of amides is 1. The number of hydrogen-bond donors (Lipinski definition) is 1. The zero-order valence-electron chi connectivity index (χ0n) is 14.1. The van der Waals surface area contributed by atoms with Crippen LogP contribution in [0.2, 0.25) is 0 Å². The molecule has 1 aliphatic rings. The smallest absolute Gasteiger partial charge is 0.332 e. The van der Waals surface area contributed by atoms with Gasteiger partial charge in [-0.05, 0) is 38.0 Å². The number of rotatable bonds is 7. The zero-order chi connectivity index (χ0) is 18.4. The van der Waals surface area contributed by atoms with E-state index in [2.05, 4.69) is 19.6 Å². The number of ether oxygens (including phenoxy) is 1. The van der Waals surface area contributed by atoms with Gasteiger partial charge in [0.15, 0.2) is 6.04 Å². The van der Waals surface area contributed by atoms with Crippen molar-refractivity contribution in [3.05, 3.63) is 17.7 Å². The van der Waals surface area contributed by atoms with Crippen LogP contribution in [0.25, 0.3) is 0 Å². The van der Waals surface area contributed by atoms with Gasteiger partial charge in [-0.25, -0.2) is 10.1 Å². The van der Waals surface area contributed by atoms with Crippen molar-refractivity contribution in [2.24, 2.45) is 10.2 Å². The van der Waals surface area contributed by atoms with Crippen molar-refractivity contribution in [2.75, 3.05) is 18.1 Å². The van der Waals surface area contributed by atoms with E-state index in [1.807, 2.05) is 0 Å². The highest BCUT2D eigenvalue weighted by Crippen LogP contribution is 2.39. The molecule has 0 aliphatic carbocycles. The van der Waals surface area contributed by atoms with E-state index in [1.54, 1.807) is 30.9 Å². The van der Waals surface area contributed by atoms with Gasteiger partial charge in [-0.2, -0.15) is 10.2 Å². The second kappa shape index (κ2) is 8.90. The number of azo groups is 1. The van der Waals surface area contributed by atoms with Crippen LogP contribution in [0.15, 0.2) is 27.3 Å². The summed E-state index contributed by atoms with van der Waals surface area (Å²) < 4.78 is 9.37. The van der Waals surface area contributed by atoms with E-state index in [4.69, 9.17) is 9.99 Å². The van der Waals surface area contributed by atoms with Crippen molar-refractivity contribution < 1.29 is 29.0 Å². The van der Waals surface area contributed by atoms with Crippen molar-refractivity contribution in [3.63, 3.8) is 0 Å². The third-order valence-corrected chi connectivity index (χ3v) is 4.19. The monoisotopic (exact) mass is 369 g/mol. The summed E-state index contributed by atoms with van der Waals surface area (Å²) in [6.07, 6.45) is 0.688. The Bertz CT molecular complexity index is 681. The first-order chi connectivity index (χ1) is 12.0. The van der Waals surface area contributed by atoms with Crippen molar-refractivity contribution in [1.82, 2.24) is 0 Å². The highest BCUT2D eigenvalue weighted by Gasteiger charge is 2.25. The molecule has 1 amide bonds. The first-order valence-electron chi connectivity index (χ1n) is 7.65. The Morgan fingerprint density at radius 3 is 2.84 bits per heavy atom. The molecule has 0 bridgehead atoms. The summed E-state index contributed by atoms with van der Waals surface area (Å²) in [6.45, 7) is 5.62. The minimum Gasteiger partial charge on any atom is -0.464 e. The molecule has 0 aromatic heterocycles. The van der Waals surface area contributed by atoms with Gasteiger partial charge >= 0.3 is 5.97 Å². The minimum absolute atomic E-state index is 0.0701. The first kappa shape index (κ1) is 19.3. The van der Waals surface area contributed by atoms with Crippen LogP contribution < -0.4 is 4.90 Å². The fourth-order valence-corrected chi connectivity index (χ4v) is 2.84. The van der Waals surface area contributed by atoms with Gasteiger partial charge in [-0.15, -0.1) is 4.33 Å². The molecular formula is C15H19N3O6S. The molecular weight excluding hydrogens is 350 g/mol. The molecule has 10 heteroatoms. The average molecular weight is 369 g/mol. The Hall–Kier alpha value is -2.01. The van der Waals surface area contributed by atoms with E-state index in [0.717, 1.165) is 23.3 Å². The van der Waals surface area contributed by atoms with Gasteiger partial charge < -0.3 is 9.64 Å². The molecule has 1 unspecified atom stereocenters. The Morgan fingerprint density at radius 2 is 2.20 bits per heavy atom. The number of benzene rings is 1. The largest absolute Gasteiger partial charge is 0.464 e. The zero-order valence-corrected chi connectivity index (χ0v) is 14.9.